The molecule has 3 aromatic rings. The molecule has 1 aromatic heterocycles. The molecule has 0 bridgehead atoms. The smallest absolute Gasteiger partial charge is 0.244 e. The third-order valence-electron chi connectivity index (χ3n) is 5.34. The Balaban J connectivity index is 1.51. The Morgan fingerprint density at radius 2 is 1.74 bits per heavy atom. The van der Waals surface area contributed by atoms with E-state index in [0.717, 1.165) is 48.5 Å². The molecule has 1 aliphatic heterocycles. The van der Waals surface area contributed by atoms with Gasteiger partial charge in [0.2, 0.25) is 5.91 Å². The van der Waals surface area contributed by atoms with Crippen molar-refractivity contribution >= 4 is 17.0 Å². The Morgan fingerprint density at radius 3 is 2.41 bits per heavy atom. The number of aromatic nitrogens is 1. The molecule has 1 saturated heterocycles. The minimum atomic E-state index is -0.231. The number of rotatable bonds is 4. The molecule has 5 heteroatoms. The van der Waals surface area contributed by atoms with Crippen LogP contribution >= 0.6 is 0 Å². The molecule has 2 aromatic carbocycles. The molecule has 1 amide bonds. The van der Waals surface area contributed by atoms with Gasteiger partial charge in [0, 0.05) is 20.0 Å². The van der Waals surface area contributed by atoms with E-state index in [4.69, 9.17) is 4.42 Å². The standard InChI is InChI=1S/C22H25N3O2/c1-24(2)22(26)20(16-8-4-3-5-9-16)25-14-12-17(13-15-25)21-23-18-10-6-7-11-19(18)27-21/h3-11,17,20H,12-15H2,1-2H3/t20-/m0/s1. The first-order valence-corrected chi connectivity index (χ1v) is 9.49. The molecular formula is C22H25N3O2. The lowest BCUT2D eigenvalue weighted by molar-refractivity contribution is -0.135. The number of fused-ring (bicyclic) bond motifs is 1. The van der Waals surface area contributed by atoms with Gasteiger partial charge in [0.15, 0.2) is 11.5 Å². The van der Waals surface area contributed by atoms with Crippen LogP contribution in [0.5, 0.6) is 0 Å². The fourth-order valence-corrected chi connectivity index (χ4v) is 3.86. The minimum Gasteiger partial charge on any atom is -0.440 e. The molecule has 4 rings (SSSR count). The van der Waals surface area contributed by atoms with Crippen molar-refractivity contribution in [2.45, 2.75) is 24.8 Å². The molecule has 0 aliphatic carbocycles. The maximum Gasteiger partial charge on any atom is 0.244 e. The van der Waals surface area contributed by atoms with E-state index in [1.165, 1.54) is 0 Å². The zero-order valence-electron chi connectivity index (χ0n) is 15.8. The second kappa shape index (κ2) is 7.53. The number of oxazole rings is 1. The summed E-state index contributed by atoms with van der Waals surface area (Å²) in [6.07, 6.45) is 1.88. The number of carbonyl (C=O) groups is 1. The first kappa shape index (κ1) is 17.7. The van der Waals surface area contributed by atoms with Crippen molar-refractivity contribution in [1.82, 2.24) is 14.8 Å². The quantitative estimate of drug-likeness (QED) is 0.707. The summed E-state index contributed by atoms with van der Waals surface area (Å²) in [5, 5.41) is 0. The molecule has 5 nitrogen and oxygen atoms in total. The van der Waals surface area contributed by atoms with E-state index < -0.39 is 0 Å². The van der Waals surface area contributed by atoms with Crippen molar-refractivity contribution in [2.24, 2.45) is 0 Å². The monoisotopic (exact) mass is 363 g/mol. The molecule has 1 aliphatic rings. The number of para-hydroxylation sites is 2. The summed E-state index contributed by atoms with van der Waals surface area (Å²) in [7, 11) is 3.65. The van der Waals surface area contributed by atoms with Crippen LogP contribution in [-0.4, -0.2) is 47.9 Å². The van der Waals surface area contributed by atoms with Gasteiger partial charge in [-0.3, -0.25) is 9.69 Å². The van der Waals surface area contributed by atoms with Gasteiger partial charge in [-0.2, -0.15) is 0 Å². The molecule has 27 heavy (non-hydrogen) atoms. The summed E-state index contributed by atoms with van der Waals surface area (Å²) in [6.45, 7) is 1.70. The first-order valence-electron chi connectivity index (χ1n) is 9.49. The number of piperidine rings is 1. The maximum atomic E-state index is 12.9. The topological polar surface area (TPSA) is 49.6 Å². The lowest BCUT2D eigenvalue weighted by atomic mass is 9.93. The Morgan fingerprint density at radius 1 is 1.07 bits per heavy atom. The van der Waals surface area contributed by atoms with Gasteiger partial charge in [0.05, 0.1) is 0 Å². The van der Waals surface area contributed by atoms with E-state index in [9.17, 15) is 4.79 Å². The van der Waals surface area contributed by atoms with Crippen molar-refractivity contribution in [3.05, 3.63) is 66.1 Å². The third-order valence-corrected chi connectivity index (χ3v) is 5.34. The Hall–Kier alpha value is -2.66. The minimum absolute atomic E-state index is 0.126. The van der Waals surface area contributed by atoms with Crippen LogP contribution in [0.15, 0.2) is 59.0 Å². The molecule has 0 unspecified atom stereocenters. The third kappa shape index (κ3) is 3.60. The maximum absolute atomic E-state index is 12.9. The van der Waals surface area contributed by atoms with Crippen LogP contribution in [0.3, 0.4) is 0 Å². The molecule has 140 valence electrons. The Labute approximate surface area is 159 Å². The van der Waals surface area contributed by atoms with E-state index in [2.05, 4.69) is 9.88 Å². The van der Waals surface area contributed by atoms with E-state index >= 15 is 0 Å². The predicted molar refractivity (Wildman–Crippen MR) is 105 cm³/mol. The zero-order valence-corrected chi connectivity index (χ0v) is 15.8. The van der Waals surface area contributed by atoms with Crippen molar-refractivity contribution < 1.29 is 9.21 Å². The fraction of sp³-hybridized carbons (Fsp3) is 0.364. The number of likely N-dealkylation sites (tertiary alicyclic amines) is 1. The summed E-state index contributed by atoms with van der Waals surface area (Å²) in [4.78, 5) is 21.5. The van der Waals surface area contributed by atoms with Crippen molar-refractivity contribution in [3.63, 3.8) is 0 Å². The number of benzene rings is 2. The highest BCUT2D eigenvalue weighted by molar-refractivity contribution is 5.83. The zero-order chi connectivity index (χ0) is 18.8. The summed E-state index contributed by atoms with van der Waals surface area (Å²) >= 11 is 0. The van der Waals surface area contributed by atoms with E-state index in [1.807, 2.05) is 68.7 Å². The van der Waals surface area contributed by atoms with Gasteiger partial charge >= 0.3 is 0 Å². The van der Waals surface area contributed by atoms with Gasteiger partial charge in [-0.1, -0.05) is 42.5 Å². The second-order valence-corrected chi connectivity index (χ2v) is 7.38. The summed E-state index contributed by atoms with van der Waals surface area (Å²) in [5.41, 5.74) is 2.82. The highest BCUT2D eigenvalue weighted by Crippen LogP contribution is 2.33. The number of likely N-dealkylation sites (N-methyl/N-ethyl adjacent to an activating group) is 1. The van der Waals surface area contributed by atoms with Crippen molar-refractivity contribution in [2.75, 3.05) is 27.2 Å². The van der Waals surface area contributed by atoms with Crippen LogP contribution in [0.25, 0.3) is 11.1 Å². The molecule has 1 fully saturated rings. The molecule has 0 N–H and O–H groups in total. The van der Waals surface area contributed by atoms with Gasteiger partial charge in [-0.25, -0.2) is 4.98 Å². The SMILES string of the molecule is CN(C)C(=O)[C@H](c1ccccc1)N1CCC(c2nc3ccccc3o2)CC1. The van der Waals surface area contributed by atoms with Crippen LogP contribution in [0.1, 0.15) is 36.3 Å². The number of amides is 1. The summed E-state index contributed by atoms with van der Waals surface area (Å²) in [6, 6.07) is 17.7. The lowest BCUT2D eigenvalue weighted by Crippen LogP contribution is -2.43. The Bertz CT molecular complexity index is 878. The normalized spacial score (nSPS) is 17.1. The predicted octanol–water partition coefficient (Wildman–Crippen LogP) is 3.84. The van der Waals surface area contributed by atoms with Crippen LogP contribution in [0, 0.1) is 0 Å². The number of hydrogen-bond acceptors (Lipinski definition) is 4. The van der Waals surface area contributed by atoms with Crippen molar-refractivity contribution in [3.8, 4) is 0 Å². The second-order valence-electron chi connectivity index (χ2n) is 7.38. The molecule has 0 radical (unpaired) electrons. The van der Waals surface area contributed by atoms with Crippen molar-refractivity contribution in [1.29, 1.82) is 0 Å². The summed E-state index contributed by atoms with van der Waals surface area (Å²) < 4.78 is 5.97. The van der Waals surface area contributed by atoms with E-state index in [-0.39, 0.29) is 11.9 Å². The fourth-order valence-electron chi connectivity index (χ4n) is 3.86. The number of nitrogens with zero attached hydrogens (tertiary/aromatic N) is 3. The van der Waals surface area contributed by atoms with Gasteiger partial charge in [-0.15, -0.1) is 0 Å². The molecule has 2 heterocycles. The van der Waals surface area contributed by atoms with E-state index in [0.29, 0.717) is 5.92 Å². The van der Waals surface area contributed by atoms with Crippen LogP contribution < -0.4 is 0 Å². The Kier molecular flexibility index (Phi) is 4.94. The van der Waals surface area contributed by atoms with Gasteiger partial charge in [-0.05, 0) is 43.6 Å². The van der Waals surface area contributed by atoms with Gasteiger partial charge in [0.1, 0.15) is 11.6 Å². The van der Waals surface area contributed by atoms with E-state index in [1.54, 1.807) is 4.90 Å². The molecule has 1 atom stereocenters. The van der Waals surface area contributed by atoms with Crippen LogP contribution in [0.2, 0.25) is 0 Å². The molecule has 0 saturated carbocycles. The highest BCUT2D eigenvalue weighted by atomic mass is 16.3. The highest BCUT2D eigenvalue weighted by Gasteiger charge is 2.33. The molecular weight excluding hydrogens is 338 g/mol. The number of hydrogen-bond donors (Lipinski definition) is 0. The van der Waals surface area contributed by atoms with Gasteiger partial charge in [0.25, 0.3) is 0 Å². The average Bonchev–Trinajstić information content (AvgIpc) is 3.13. The largest absolute Gasteiger partial charge is 0.440 e. The average molecular weight is 363 g/mol. The van der Waals surface area contributed by atoms with Crippen LogP contribution in [-0.2, 0) is 4.79 Å². The van der Waals surface area contributed by atoms with Crippen LogP contribution in [0.4, 0.5) is 0 Å². The first-order chi connectivity index (χ1) is 13.1. The van der Waals surface area contributed by atoms with Gasteiger partial charge < -0.3 is 9.32 Å². The molecule has 0 spiro atoms. The lowest BCUT2D eigenvalue weighted by Gasteiger charge is -2.37. The summed E-state index contributed by atoms with van der Waals surface area (Å²) in [5.74, 6) is 1.26. The number of carbonyl (C=O) groups excluding carboxylic acids is 1.